The van der Waals surface area contributed by atoms with Crippen LogP contribution in [0, 0.1) is 0 Å². The van der Waals surface area contributed by atoms with Crippen LogP contribution in [0.2, 0.25) is 0 Å². The largest absolute Gasteiger partial charge is 0.465 e. The van der Waals surface area contributed by atoms with Gasteiger partial charge >= 0.3 is 5.97 Å². The first-order chi connectivity index (χ1) is 11.1. The van der Waals surface area contributed by atoms with Crippen LogP contribution in [0.5, 0.6) is 0 Å². The summed E-state index contributed by atoms with van der Waals surface area (Å²) in [4.78, 5) is 21.5. The summed E-state index contributed by atoms with van der Waals surface area (Å²) in [5.41, 5.74) is 1.74. The van der Waals surface area contributed by atoms with E-state index in [4.69, 9.17) is 4.74 Å². The second-order valence-corrected chi connectivity index (χ2v) is 5.81. The lowest BCUT2D eigenvalue weighted by molar-refractivity contribution is -0.150. The Hall–Kier alpha value is -2.23. The number of rotatable bonds is 7. The van der Waals surface area contributed by atoms with E-state index in [2.05, 4.69) is 16.9 Å². The molecule has 0 aliphatic heterocycles. The van der Waals surface area contributed by atoms with Gasteiger partial charge in [0, 0.05) is 5.56 Å². The van der Waals surface area contributed by atoms with Crippen molar-refractivity contribution < 1.29 is 9.53 Å². The highest BCUT2D eigenvalue weighted by Crippen LogP contribution is 2.30. The maximum Gasteiger partial charge on any atom is 0.317 e. The topological polar surface area (TPSA) is 52.1 Å². The van der Waals surface area contributed by atoms with Crippen molar-refractivity contribution in [2.75, 3.05) is 6.61 Å². The smallest absolute Gasteiger partial charge is 0.317 e. The highest BCUT2D eigenvalue weighted by Gasteiger charge is 2.37. The number of hydrogen-bond donors (Lipinski definition) is 0. The van der Waals surface area contributed by atoms with Gasteiger partial charge in [0.25, 0.3) is 0 Å². The third kappa shape index (κ3) is 3.95. The highest BCUT2D eigenvalue weighted by atomic mass is 16.5. The van der Waals surface area contributed by atoms with E-state index in [1.165, 1.54) is 0 Å². The van der Waals surface area contributed by atoms with E-state index in [0.29, 0.717) is 18.7 Å². The van der Waals surface area contributed by atoms with Crippen molar-refractivity contribution in [3.05, 3.63) is 48.4 Å². The first-order valence-corrected chi connectivity index (χ1v) is 8.17. The fourth-order valence-electron chi connectivity index (χ4n) is 2.53. The summed E-state index contributed by atoms with van der Waals surface area (Å²) in [7, 11) is 0. The van der Waals surface area contributed by atoms with E-state index in [1.807, 2.05) is 44.2 Å². The van der Waals surface area contributed by atoms with Crippen LogP contribution in [0.1, 0.15) is 45.7 Å². The van der Waals surface area contributed by atoms with Crippen molar-refractivity contribution in [2.24, 2.45) is 0 Å². The van der Waals surface area contributed by atoms with Gasteiger partial charge in [-0.15, -0.1) is 0 Å². The molecule has 0 N–H and O–H groups in total. The van der Waals surface area contributed by atoms with Gasteiger partial charge in [-0.1, -0.05) is 50.1 Å². The van der Waals surface area contributed by atoms with E-state index in [0.717, 1.165) is 24.1 Å². The SMILES string of the molecule is CCCCC(C)(C(=O)OCC)c1cnc(-c2ccccc2)cn1. The molecule has 1 aromatic heterocycles. The van der Waals surface area contributed by atoms with Gasteiger partial charge in [-0.05, 0) is 20.3 Å². The summed E-state index contributed by atoms with van der Waals surface area (Å²) < 4.78 is 5.27. The molecule has 0 radical (unpaired) electrons. The summed E-state index contributed by atoms with van der Waals surface area (Å²) >= 11 is 0. The fraction of sp³-hybridized carbons (Fsp3) is 0.421. The number of hydrogen-bond acceptors (Lipinski definition) is 4. The van der Waals surface area contributed by atoms with Crippen molar-refractivity contribution in [3.63, 3.8) is 0 Å². The van der Waals surface area contributed by atoms with Crippen LogP contribution in [0.15, 0.2) is 42.7 Å². The summed E-state index contributed by atoms with van der Waals surface area (Å²) in [6.07, 6.45) is 6.10. The zero-order chi connectivity index (χ0) is 16.7. The van der Waals surface area contributed by atoms with Gasteiger partial charge in [-0.2, -0.15) is 0 Å². The number of aromatic nitrogens is 2. The minimum absolute atomic E-state index is 0.227. The molecule has 0 saturated carbocycles. The molecule has 2 aromatic rings. The summed E-state index contributed by atoms with van der Waals surface area (Å²) in [6, 6.07) is 9.88. The van der Waals surface area contributed by atoms with Crippen molar-refractivity contribution in [2.45, 2.75) is 45.4 Å². The van der Waals surface area contributed by atoms with Crippen LogP contribution in [0.4, 0.5) is 0 Å². The highest BCUT2D eigenvalue weighted by molar-refractivity contribution is 5.82. The van der Waals surface area contributed by atoms with Crippen molar-refractivity contribution in [3.8, 4) is 11.3 Å². The molecule has 1 aromatic carbocycles. The number of ether oxygens (including phenoxy) is 1. The molecule has 0 aliphatic carbocycles. The van der Waals surface area contributed by atoms with Gasteiger partial charge in [-0.25, -0.2) is 0 Å². The first kappa shape index (κ1) is 17.1. The average molecular weight is 312 g/mol. The molecular weight excluding hydrogens is 288 g/mol. The zero-order valence-electron chi connectivity index (χ0n) is 14.1. The standard InChI is InChI=1S/C19H24N2O2/c1-4-6-12-19(3,18(22)23-5-2)17-14-20-16(13-21-17)15-10-8-7-9-11-15/h7-11,13-14H,4-6,12H2,1-3H3. The number of benzene rings is 1. The van der Waals surface area contributed by atoms with Gasteiger partial charge in [0.05, 0.1) is 30.4 Å². The maximum absolute atomic E-state index is 12.4. The third-order valence-electron chi connectivity index (χ3n) is 4.04. The molecule has 2 rings (SSSR count). The number of carbonyl (C=O) groups excluding carboxylic acids is 1. The second-order valence-electron chi connectivity index (χ2n) is 5.81. The van der Waals surface area contributed by atoms with Crippen LogP contribution in [0.25, 0.3) is 11.3 Å². The Balaban J connectivity index is 2.30. The molecule has 0 spiro atoms. The Morgan fingerprint density at radius 2 is 1.87 bits per heavy atom. The summed E-state index contributed by atoms with van der Waals surface area (Å²) in [6.45, 7) is 6.20. The molecular formula is C19H24N2O2. The summed E-state index contributed by atoms with van der Waals surface area (Å²) in [5, 5.41) is 0. The molecule has 0 amide bonds. The van der Waals surface area contributed by atoms with Crippen LogP contribution in [-0.4, -0.2) is 22.5 Å². The van der Waals surface area contributed by atoms with Crippen molar-refractivity contribution >= 4 is 5.97 Å². The zero-order valence-corrected chi connectivity index (χ0v) is 14.1. The second kappa shape index (κ2) is 7.86. The van der Waals surface area contributed by atoms with E-state index in [-0.39, 0.29) is 5.97 Å². The Morgan fingerprint density at radius 3 is 2.43 bits per heavy atom. The van der Waals surface area contributed by atoms with Crippen molar-refractivity contribution in [1.82, 2.24) is 9.97 Å². The lowest BCUT2D eigenvalue weighted by Gasteiger charge is -2.26. The molecule has 1 atom stereocenters. The predicted molar refractivity (Wildman–Crippen MR) is 91.0 cm³/mol. The number of unbranched alkanes of at least 4 members (excludes halogenated alkanes) is 1. The van der Waals surface area contributed by atoms with Crippen molar-refractivity contribution in [1.29, 1.82) is 0 Å². The molecule has 0 saturated heterocycles. The maximum atomic E-state index is 12.4. The lowest BCUT2D eigenvalue weighted by atomic mass is 9.81. The molecule has 0 aliphatic rings. The normalized spacial score (nSPS) is 13.3. The predicted octanol–water partition coefficient (Wildman–Crippen LogP) is 4.15. The third-order valence-corrected chi connectivity index (χ3v) is 4.04. The molecule has 1 heterocycles. The molecule has 0 bridgehead atoms. The Bertz CT molecular complexity index is 626. The van der Waals surface area contributed by atoms with Crippen LogP contribution in [0.3, 0.4) is 0 Å². The Morgan fingerprint density at radius 1 is 1.13 bits per heavy atom. The summed E-state index contributed by atoms with van der Waals surface area (Å²) in [5.74, 6) is -0.227. The van der Waals surface area contributed by atoms with E-state index in [9.17, 15) is 4.79 Å². The quantitative estimate of drug-likeness (QED) is 0.721. The van der Waals surface area contributed by atoms with Crippen LogP contribution < -0.4 is 0 Å². The fourth-order valence-corrected chi connectivity index (χ4v) is 2.53. The number of esters is 1. The molecule has 4 nitrogen and oxygen atoms in total. The van der Waals surface area contributed by atoms with Gasteiger partial charge in [0.2, 0.25) is 0 Å². The minimum atomic E-state index is -0.742. The molecule has 1 unspecified atom stereocenters. The van der Waals surface area contributed by atoms with Crippen LogP contribution >= 0.6 is 0 Å². The molecule has 0 fully saturated rings. The van der Waals surface area contributed by atoms with E-state index < -0.39 is 5.41 Å². The Labute approximate surface area is 137 Å². The molecule has 4 heteroatoms. The van der Waals surface area contributed by atoms with Gasteiger partial charge in [0.15, 0.2) is 0 Å². The number of carbonyl (C=O) groups is 1. The number of nitrogens with zero attached hydrogens (tertiary/aromatic N) is 2. The van der Waals surface area contributed by atoms with E-state index in [1.54, 1.807) is 12.4 Å². The van der Waals surface area contributed by atoms with Crippen LogP contribution in [-0.2, 0) is 14.9 Å². The van der Waals surface area contributed by atoms with Gasteiger partial charge < -0.3 is 4.74 Å². The average Bonchev–Trinajstić information content (AvgIpc) is 2.60. The first-order valence-electron chi connectivity index (χ1n) is 8.17. The minimum Gasteiger partial charge on any atom is -0.465 e. The lowest BCUT2D eigenvalue weighted by Crippen LogP contribution is -2.35. The van der Waals surface area contributed by atoms with E-state index >= 15 is 0 Å². The monoisotopic (exact) mass is 312 g/mol. The van der Waals surface area contributed by atoms with Gasteiger partial charge in [-0.3, -0.25) is 14.8 Å². The molecule has 23 heavy (non-hydrogen) atoms. The van der Waals surface area contributed by atoms with Gasteiger partial charge in [0.1, 0.15) is 5.41 Å². The Kier molecular flexibility index (Phi) is 5.85. The molecule has 122 valence electrons.